The lowest BCUT2D eigenvalue weighted by Crippen LogP contribution is -2.05. The number of halogens is 1. The summed E-state index contributed by atoms with van der Waals surface area (Å²) in [6.07, 6.45) is 1.39. The average Bonchev–Trinajstić information content (AvgIpc) is 2.89. The van der Waals surface area contributed by atoms with Gasteiger partial charge in [0.25, 0.3) is 5.69 Å². The number of hydrogen-bond donors (Lipinski definition) is 0. The van der Waals surface area contributed by atoms with Crippen molar-refractivity contribution < 1.29 is 18.8 Å². The molecule has 0 saturated heterocycles. The van der Waals surface area contributed by atoms with Crippen LogP contribution in [-0.2, 0) is 9.53 Å². The van der Waals surface area contributed by atoms with Crippen LogP contribution in [0.5, 0.6) is 0 Å². The van der Waals surface area contributed by atoms with Gasteiger partial charge in [0, 0.05) is 17.7 Å². The van der Waals surface area contributed by atoms with E-state index < -0.39 is 16.7 Å². The second-order valence-corrected chi connectivity index (χ2v) is 4.70. The molecule has 0 fully saturated rings. The monoisotopic (exact) mass is 312 g/mol. The van der Waals surface area contributed by atoms with Gasteiger partial charge in [-0.05, 0) is 35.9 Å². The molecule has 3 rings (SSSR count). The summed E-state index contributed by atoms with van der Waals surface area (Å²) >= 11 is 0. The lowest BCUT2D eigenvalue weighted by molar-refractivity contribution is -0.384. The molecule has 0 bridgehead atoms. The minimum atomic E-state index is -0.671. The maximum Gasteiger partial charge on any atom is 0.363 e. The molecule has 1 heterocycles. The highest BCUT2D eigenvalue weighted by atomic mass is 19.1. The summed E-state index contributed by atoms with van der Waals surface area (Å²) in [6, 6.07) is 11.1. The van der Waals surface area contributed by atoms with Gasteiger partial charge in [-0.25, -0.2) is 14.2 Å². The molecule has 0 aromatic heterocycles. The van der Waals surface area contributed by atoms with E-state index in [9.17, 15) is 19.3 Å². The molecule has 0 unspecified atom stereocenters. The minimum absolute atomic E-state index is 0.0184. The number of nitro groups is 1. The molecule has 1 aliphatic rings. The third-order valence-corrected chi connectivity index (χ3v) is 3.10. The summed E-state index contributed by atoms with van der Waals surface area (Å²) in [4.78, 5) is 26.1. The zero-order valence-corrected chi connectivity index (χ0v) is 11.6. The Balaban J connectivity index is 1.93. The Labute approximate surface area is 129 Å². The molecular weight excluding hydrogens is 303 g/mol. The largest absolute Gasteiger partial charge is 0.402 e. The van der Waals surface area contributed by atoms with Crippen molar-refractivity contribution in [3.8, 4) is 0 Å². The third kappa shape index (κ3) is 3.13. The first-order valence-corrected chi connectivity index (χ1v) is 6.56. The van der Waals surface area contributed by atoms with Crippen LogP contribution < -0.4 is 0 Å². The molecule has 0 saturated carbocycles. The highest BCUT2D eigenvalue weighted by molar-refractivity contribution is 6.12. The number of hydrogen-bond acceptors (Lipinski definition) is 5. The normalized spacial score (nSPS) is 15.4. The molecule has 6 nitrogen and oxygen atoms in total. The van der Waals surface area contributed by atoms with Gasteiger partial charge in [0.1, 0.15) is 5.82 Å². The molecule has 2 aromatic rings. The van der Waals surface area contributed by atoms with Crippen LogP contribution >= 0.6 is 0 Å². The van der Waals surface area contributed by atoms with Crippen molar-refractivity contribution in [1.82, 2.24) is 0 Å². The van der Waals surface area contributed by atoms with Crippen LogP contribution in [-0.4, -0.2) is 16.8 Å². The van der Waals surface area contributed by atoms with Gasteiger partial charge in [-0.1, -0.05) is 12.1 Å². The maximum absolute atomic E-state index is 12.9. The summed E-state index contributed by atoms with van der Waals surface area (Å²) < 4.78 is 17.9. The topological polar surface area (TPSA) is 81.8 Å². The molecular formula is C16H9FN2O4. The maximum atomic E-state index is 12.9. The fourth-order valence-corrected chi connectivity index (χ4v) is 2.01. The smallest absolute Gasteiger partial charge is 0.363 e. The van der Waals surface area contributed by atoms with Crippen molar-refractivity contribution in [3.05, 3.63) is 81.3 Å². The van der Waals surface area contributed by atoms with Crippen molar-refractivity contribution in [1.29, 1.82) is 0 Å². The number of benzene rings is 2. The van der Waals surface area contributed by atoms with E-state index in [1.54, 1.807) is 6.07 Å². The predicted octanol–water partition coefficient (Wildman–Crippen LogP) is 3.08. The lowest BCUT2D eigenvalue weighted by Gasteiger charge is -1.98. The molecule has 7 heteroatoms. The number of cyclic esters (lactones) is 1. The number of carbonyl (C=O) groups excluding carboxylic acids is 1. The van der Waals surface area contributed by atoms with Gasteiger partial charge in [0.2, 0.25) is 5.90 Å². The molecule has 0 spiro atoms. The number of rotatable bonds is 3. The van der Waals surface area contributed by atoms with Gasteiger partial charge in [-0.15, -0.1) is 0 Å². The van der Waals surface area contributed by atoms with Crippen molar-refractivity contribution in [2.75, 3.05) is 0 Å². The van der Waals surface area contributed by atoms with Crippen molar-refractivity contribution >= 4 is 23.6 Å². The molecule has 2 aromatic carbocycles. The SMILES string of the molecule is O=C1OC(c2ccc(F)cc2)=N/C1=C/c1cccc([N+](=O)[O-])c1. The summed E-state index contributed by atoms with van der Waals surface area (Å²) in [7, 11) is 0. The molecule has 0 aliphatic carbocycles. The van der Waals surface area contributed by atoms with Gasteiger partial charge >= 0.3 is 5.97 Å². The van der Waals surface area contributed by atoms with E-state index in [0.717, 1.165) is 0 Å². The van der Waals surface area contributed by atoms with E-state index in [1.165, 1.54) is 48.5 Å². The molecule has 114 valence electrons. The minimum Gasteiger partial charge on any atom is -0.402 e. The van der Waals surface area contributed by atoms with Gasteiger partial charge in [-0.2, -0.15) is 0 Å². The van der Waals surface area contributed by atoms with Crippen LogP contribution in [0.2, 0.25) is 0 Å². The van der Waals surface area contributed by atoms with Crippen LogP contribution in [0.4, 0.5) is 10.1 Å². The first kappa shape index (κ1) is 14.6. The second kappa shape index (κ2) is 5.80. The summed E-state index contributed by atoms with van der Waals surface area (Å²) in [5, 5.41) is 10.8. The van der Waals surface area contributed by atoms with Crippen LogP contribution in [0.3, 0.4) is 0 Å². The molecule has 0 amide bonds. The van der Waals surface area contributed by atoms with Crippen LogP contribution in [0, 0.1) is 15.9 Å². The zero-order valence-electron chi connectivity index (χ0n) is 11.6. The number of nitrogens with zero attached hydrogens (tertiary/aromatic N) is 2. The number of carbonyl (C=O) groups is 1. The number of non-ortho nitro benzene ring substituents is 1. The predicted molar refractivity (Wildman–Crippen MR) is 80.1 cm³/mol. The number of ether oxygens (including phenoxy) is 1. The van der Waals surface area contributed by atoms with E-state index in [1.807, 2.05) is 0 Å². The zero-order chi connectivity index (χ0) is 16.4. The summed E-state index contributed by atoms with van der Waals surface area (Å²) in [5.74, 6) is -1.02. The first-order valence-electron chi connectivity index (χ1n) is 6.56. The highest BCUT2D eigenvalue weighted by Crippen LogP contribution is 2.21. The number of esters is 1. The van der Waals surface area contributed by atoms with Crippen molar-refractivity contribution in [3.63, 3.8) is 0 Å². The lowest BCUT2D eigenvalue weighted by atomic mass is 10.1. The van der Waals surface area contributed by atoms with Crippen molar-refractivity contribution in [2.45, 2.75) is 0 Å². The van der Waals surface area contributed by atoms with E-state index in [-0.39, 0.29) is 17.3 Å². The van der Waals surface area contributed by atoms with Gasteiger partial charge in [0.15, 0.2) is 5.70 Å². The van der Waals surface area contributed by atoms with Gasteiger partial charge in [0.05, 0.1) is 4.92 Å². The van der Waals surface area contributed by atoms with Crippen LogP contribution in [0.1, 0.15) is 11.1 Å². The Hall–Kier alpha value is -3.35. The van der Waals surface area contributed by atoms with E-state index >= 15 is 0 Å². The Morgan fingerprint density at radius 3 is 2.61 bits per heavy atom. The average molecular weight is 312 g/mol. The second-order valence-electron chi connectivity index (χ2n) is 4.70. The van der Waals surface area contributed by atoms with Crippen LogP contribution in [0.25, 0.3) is 6.08 Å². The summed E-state index contributed by atoms with van der Waals surface area (Å²) in [6.45, 7) is 0. The van der Waals surface area contributed by atoms with E-state index in [0.29, 0.717) is 11.1 Å². The van der Waals surface area contributed by atoms with Crippen molar-refractivity contribution in [2.24, 2.45) is 4.99 Å². The van der Waals surface area contributed by atoms with Gasteiger partial charge < -0.3 is 4.74 Å². The first-order chi connectivity index (χ1) is 11.0. The standard InChI is InChI=1S/C16H9FN2O4/c17-12-6-4-11(5-7-12)15-18-14(16(20)23-15)9-10-2-1-3-13(8-10)19(21)22/h1-9H/b14-9+. The Kier molecular flexibility index (Phi) is 3.68. The highest BCUT2D eigenvalue weighted by Gasteiger charge is 2.24. The third-order valence-electron chi connectivity index (χ3n) is 3.10. The molecule has 0 N–H and O–H groups in total. The fraction of sp³-hybridized carbons (Fsp3) is 0. The van der Waals surface area contributed by atoms with Gasteiger partial charge in [-0.3, -0.25) is 10.1 Å². The number of nitro benzene ring substituents is 1. The van der Waals surface area contributed by atoms with E-state index in [4.69, 9.17) is 4.74 Å². The molecule has 0 radical (unpaired) electrons. The quantitative estimate of drug-likeness (QED) is 0.377. The Morgan fingerprint density at radius 1 is 1.17 bits per heavy atom. The Morgan fingerprint density at radius 2 is 1.91 bits per heavy atom. The summed E-state index contributed by atoms with van der Waals surface area (Å²) in [5.41, 5.74) is 0.843. The number of aliphatic imine (C=N–C) groups is 1. The molecule has 1 aliphatic heterocycles. The fourth-order valence-electron chi connectivity index (χ4n) is 2.01. The van der Waals surface area contributed by atoms with Crippen LogP contribution in [0.15, 0.2) is 59.2 Å². The van der Waals surface area contributed by atoms with E-state index in [2.05, 4.69) is 4.99 Å². The molecule has 23 heavy (non-hydrogen) atoms. The molecule has 0 atom stereocenters. The Bertz CT molecular complexity index is 857.